The molecular formula is C10H12F2O3S. The molecule has 0 aliphatic heterocycles. The van der Waals surface area contributed by atoms with Gasteiger partial charge in [0.1, 0.15) is 0 Å². The first-order valence-electron chi connectivity index (χ1n) is 4.55. The zero-order valence-electron chi connectivity index (χ0n) is 8.81. The second kappa shape index (κ2) is 4.47. The standard InChI is InChI=1S/C10H12F2O3S/c1-6(16(2,14)15)10(13)7-3-4-8(11)9(12)5-7/h3-6,10,13H,1-2H3. The molecule has 0 aliphatic rings. The number of benzene rings is 1. The Hall–Kier alpha value is -1.01. The van der Waals surface area contributed by atoms with Gasteiger partial charge in [-0.25, -0.2) is 17.2 Å². The second-order valence-corrected chi connectivity index (χ2v) is 6.06. The van der Waals surface area contributed by atoms with Crippen molar-refractivity contribution in [3.63, 3.8) is 0 Å². The summed E-state index contributed by atoms with van der Waals surface area (Å²) in [7, 11) is -3.44. The zero-order chi connectivity index (χ0) is 12.5. The van der Waals surface area contributed by atoms with Gasteiger partial charge in [0, 0.05) is 6.26 Å². The molecule has 2 unspecified atom stereocenters. The van der Waals surface area contributed by atoms with Crippen LogP contribution < -0.4 is 0 Å². The highest BCUT2D eigenvalue weighted by Crippen LogP contribution is 2.22. The summed E-state index contributed by atoms with van der Waals surface area (Å²) < 4.78 is 47.8. The Labute approximate surface area is 92.6 Å². The molecule has 0 fully saturated rings. The van der Waals surface area contributed by atoms with Crippen LogP contribution in [0.15, 0.2) is 18.2 Å². The average molecular weight is 250 g/mol. The highest BCUT2D eigenvalue weighted by Gasteiger charge is 2.25. The van der Waals surface area contributed by atoms with Crippen molar-refractivity contribution in [2.45, 2.75) is 18.3 Å². The van der Waals surface area contributed by atoms with Gasteiger partial charge >= 0.3 is 0 Å². The molecule has 0 spiro atoms. The van der Waals surface area contributed by atoms with Crippen molar-refractivity contribution in [1.29, 1.82) is 0 Å². The maximum atomic E-state index is 12.9. The summed E-state index contributed by atoms with van der Waals surface area (Å²) in [5, 5.41) is 8.60. The molecule has 1 N–H and O–H groups in total. The summed E-state index contributed by atoms with van der Waals surface area (Å²) in [6.07, 6.45) is -0.397. The van der Waals surface area contributed by atoms with E-state index in [0.717, 1.165) is 24.5 Å². The van der Waals surface area contributed by atoms with Gasteiger partial charge in [-0.2, -0.15) is 0 Å². The average Bonchev–Trinajstić information content (AvgIpc) is 2.18. The third-order valence-corrected chi connectivity index (χ3v) is 4.01. The summed E-state index contributed by atoms with van der Waals surface area (Å²) in [5.74, 6) is -2.15. The molecule has 16 heavy (non-hydrogen) atoms. The monoisotopic (exact) mass is 250 g/mol. The molecular weight excluding hydrogens is 238 g/mol. The zero-order valence-corrected chi connectivity index (χ0v) is 9.63. The molecule has 1 rings (SSSR count). The molecule has 2 atom stereocenters. The maximum Gasteiger partial charge on any atom is 0.159 e. The number of hydrogen-bond donors (Lipinski definition) is 1. The predicted molar refractivity (Wildman–Crippen MR) is 55.6 cm³/mol. The molecule has 0 heterocycles. The molecule has 3 nitrogen and oxygen atoms in total. The lowest BCUT2D eigenvalue weighted by atomic mass is 10.1. The highest BCUT2D eigenvalue weighted by molar-refractivity contribution is 7.91. The first-order valence-corrected chi connectivity index (χ1v) is 6.51. The molecule has 6 heteroatoms. The van der Waals surface area contributed by atoms with Crippen molar-refractivity contribution >= 4 is 9.84 Å². The van der Waals surface area contributed by atoms with Crippen molar-refractivity contribution in [2.75, 3.05) is 6.26 Å². The predicted octanol–water partition coefficient (Wildman–Crippen LogP) is 1.43. The van der Waals surface area contributed by atoms with Gasteiger partial charge < -0.3 is 5.11 Å². The second-order valence-electron chi connectivity index (χ2n) is 3.65. The summed E-state index contributed by atoms with van der Waals surface area (Å²) in [6.45, 7) is 1.31. The normalized spacial score (nSPS) is 15.8. The number of sulfone groups is 1. The minimum atomic E-state index is -3.44. The van der Waals surface area contributed by atoms with E-state index in [1.165, 1.54) is 6.92 Å². The van der Waals surface area contributed by atoms with Gasteiger partial charge in [-0.3, -0.25) is 0 Å². The molecule has 0 bridgehead atoms. The fourth-order valence-electron chi connectivity index (χ4n) is 1.20. The minimum absolute atomic E-state index is 0.0387. The van der Waals surface area contributed by atoms with Crippen LogP contribution in [-0.4, -0.2) is 25.0 Å². The lowest BCUT2D eigenvalue weighted by molar-refractivity contribution is 0.175. The molecule has 0 saturated heterocycles. The van der Waals surface area contributed by atoms with Crippen LogP contribution in [0.2, 0.25) is 0 Å². The van der Waals surface area contributed by atoms with E-state index < -0.39 is 32.8 Å². The van der Waals surface area contributed by atoms with Gasteiger partial charge in [0.2, 0.25) is 0 Å². The van der Waals surface area contributed by atoms with E-state index in [2.05, 4.69) is 0 Å². The fourth-order valence-corrected chi connectivity index (χ4v) is 1.83. The Morgan fingerprint density at radius 3 is 2.25 bits per heavy atom. The molecule has 0 saturated carbocycles. The van der Waals surface area contributed by atoms with Crippen LogP contribution in [0.5, 0.6) is 0 Å². The van der Waals surface area contributed by atoms with Crippen molar-refractivity contribution in [2.24, 2.45) is 0 Å². The lowest BCUT2D eigenvalue weighted by Crippen LogP contribution is -2.24. The third-order valence-electron chi connectivity index (χ3n) is 2.41. The molecule has 0 aromatic heterocycles. The number of hydrogen-bond acceptors (Lipinski definition) is 3. The summed E-state index contributed by atoms with van der Waals surface area (Å²) >= 11 is 0. The van der Waals surface area contributed by atoms with E-state index in [-0.39, 0.29) is 5.56 Å². The lowest BCUT2D eigenvalue weighted by Gasteiger charge is -2.17. The molecule has 0 aliphatic carbocycles. The topological polar surface area (TPSA) is 54.4 Å². The van der Waals surface area contributed by atoms with Crippen LogP contribution in [0.4, 0.5) is 8.78 Å². The van der Waals surface area contributed by atoms with Crippen molar-refractivity contribution in [1.82, 2.24) is 0 Å². The van der Waals surface area contributed by atoms with E-state index in [4.69, 9.17) is 0 Å². The molecule has 0 amide bonds. The summed E-state index contributed by atoms with van der Waals surface area (Å²) in [5.41, 5.74) is 0.0387. The number of aliphatic hydroxyl groups is 1. The van der Waals surface area contributed by atoms with Crippen LogP contribution in [0.1, 0.15) is 18.6 Å². The van der Waals surface area contributed by atoms with E-state index >= 15 is 0 Å². The van der Waals surface area contributed by atoms with E-state index in [1.807, 2.05) is 0 Å². The number of halogens is 2. The molecule has 90 valence electrons. The minimum Gasteiger partial charge on any atom is -0.387 e. The van der Waals surface area contributed by atoms with Gasteiger partial charge in [-0.1, -0.05) is 6.07 Å². The van der Waals surface area contributed by atoms with E-state index in [0.29, 0.717) is 0 Å². The van der Waals surface area contributed by atoms with Crippen LogP contribution in [-0.2, 0) is 9.84 Å². The Morgan fingerprint density at radius 1 is 1.25 bits per heavy atom. The maximum absolute atomic E-state index is 12.9. The van der Waals surface area contributed by atoms with Gasteiger partial charge in [-0.05, 0) is 24.6 Å². The Kier molecular flexibility index (Phi) is 3.64. The first kappa shape index (κ1) is 13.1. The van der Waals surface area contributed by atoms with Crippen LogP contribution >= 0.6 is 0 Å². The smallest absolute Gasteiger partial charge is 0.159 e. The van der Waals surface area contributed by atoms with E-state index in [9.17, 15) is 22.3 Å². The van der Waals surface area contributed by atoms with E-state index in [1.54, 1.807) is 0 Å². The number of rotatable bonds is 3. The number of aliphatic hydroxyl groups excluding tert-OH is 1. The Morgan fingerprint density at radius 2 is 1.81 bits per heavy atom. The van der Waals surface area contributed by atoms with Crippen molar-refractivity contribution < 1.29 is 22.3 Å². The summed E-state index contributed by atoms with van der Waals surface area (Å²) in [4.78, 5) is 0. The molecule has 1 aromatic rings. The van der Waals surface area contributed by atoms with Crippen LogP contribution in [0.25, 0.3) is 0 Å². The highest BCUT2D eigenvalue weighted by atomic mass is 32.2. The van der Waals surface area contributed by atoms with Gasteiger partial charge in [0.15, 0.2) is 21.5 Å². The quantitative estimate of drug-likeness (QED) is 0.883. The van der Waals surface area contributed by atoms with Crippen molar-refractivity contribution in [3.8, 4) is 0 Å². The third kappa shape index (κ3) is 2.76. The van der Waals surface area contributed by atoms with Crippen LogP contribution in [0, 0.1) is 11.6 Å². The van der Waals surface area contributed by atoms with Crippen LogP contribution in [0.3, 0.4) is 0 Å². The van der Waals surface area contributed by atoms with Crippen molar-refractivity contribution in [3.05, 3.63) is 35.4 Å². The largest absolute Gasteiger partial charge is 0.387 e. The summed E-state index contributed by atoms with van der Waals surface area (Å²) in [6, 6.07) is 2.80. The first-order chi connectivity index (χ1) is 7.23. The van der Waals surface area contributed by atoms with Gasteiger partial charge in [0.25, 0.3) is 0 Å². The molecule has 1 aromatic carbocycles. The molecule has 0 radical (unpaired) electrons. The SMILES string of the molecule is CC(C(O)c1ccc(F)c(F)c1)S(C)(=O)=O. The Balaban J connectivity index is 3.06. The van der Waals surface area contributed by atoms with Gasteiger partial charge in [0.05, 0.1) is 11.4 Å². The Bertz CT molecular complexity index is 485. The fraction of sp³-hybridized carbons (Fsp3) is 0.400. The van der Waals surface area contributed by atoms with Gasteiger partial charge in [-0.15, -0.1) is 0 Å².